The molecule has 1 atom stereocenters. The van der Waals surface area contributed by atoms with Gasteiger partial charge in [-0.15, -0.1) is 0 Å². The first kappa shape index (κ1) is 12.9. The number of nitrogens with two attached hydrogens (primary N) is 1. The molecular formula is C9H18N2O3. The Bertz CT molecular complexity index is 194. The molecule has 0 bridgehead atoms. The number of hydrogen-bond donors (Lipinski definition) is 3. The van der Waals surface area contributed by atoms with Gasteiger partial charge < -0.3 is 16.2 Å². The number of amides is 1. The number of hydrogen-bond acceptors (Lipinski definition) is 3. The van der Waals surface area contributed by atoms with Gasteiger partial charge in [0.25, 0.3) is 0 Å². The molecule has 0 rings (SSSR count). The highest BCUT2D eigenvalue weighted by Gasteiger charge is 2.18. The zero-order chi connectivity index (χ0) is 11.0. The molecule has 0 heterocycles. The van der Waals surface area contributed by atoms with E-state index in [-0.39, 0.29) is 6.42 Å². The summed E-state index contributed by atoms with van der Waals surface area (Å²) in [6.45, 7) is 2.68. The van der Waals surface area contributed by atoms with Crippen LogP contribution < -0.4 is 11.1 Å². The lowest BCUT2D eigenvalue weighted by Crippen LogP contribution is -2.40. The number of unbranched alkanes of at least 4 members (excludes halogenated alkanes) is 2. The predicted molar refractivity (Wildman–Crippen MR) is 52.8 cm³/mol. The van der Waals surface area contributed by atoms with Gasteiger partial charge in [0.15, 0.2) is 0 Å². The van der Waals surface area contributed by atoms with Crippen LogP contribution in [0.4, 0.5) is 0 Å². The number of rotatable bonds is 8. The van der Waals surface area contributed by atoms with Crippen LogP contribution in [0.3, 0.4) is 0 Å². The van der Waals surface area contributed by atoms with Crippen molar-refractivity contribution in [1.29, 1.82) is 0 Å². The fourth-order valence-electron chi connectivity index (χ4n) is 1.10. The van der Waals surface area contributed by atoms with E-state index >= 15 is 0 Å². The minimum absolute atomic E-state index is 0.151. The summed E-state index contributed by atoms with van der Waals surface area (Å²) in [5, 5.41) is 11.5. The first-order valence-electron chi connectivity index (χ1n) is 4.82. The first-order chi connectivity index (χ1) is 6.57. The number of nitrogens with one attached hydrogen (secondary N) is 1. The third-order valence-corrected chi connectivity index (χ3v) is 1.87. The van der Waals surface area contributed by atoms with Crippen molar-refractivity contribution in [3.05, 3.63) is 0 Å². The van der Waals surface area contributed by atoms with Crippen LogP contribution in [-0.2, 0) is 9.59 Å². The van der Waals surface area contributed by atoms with Gasteiger partial charge in [-0.3, -0.25) is 9.59 Å². The Morgan fingerprint density at radius 3 is 2.50 bits per heavy atom. The van der Waals surface area contributed by atoms with Crippen LogP contribution in [0.1, 0.15) is 32.6 Å². The molecule has 0 fully saturated rings. The molecule has 0 spiro atoms. The molecule has 4 N–H and O–H groups in total. The van der Waals surface area contributed by atoms with E-state index < -0.39 is 17.9 Å². The highest BCUT2D eigenvalue weighted by atomic mass is 16.4. The van der Waals surface area contributed by atoms with E-state index in [2.05, 4.69) is 12.2 Å². The van der Waals surface area contributed by atoms with Crippen LogP contribution in [0.25, 0.3) is 0 Å². The van der Waals surface area contributed by atoms with Gasteiger partial charge in [-0.2, -0.15) is 0 Å². The third-order valence-electron chi connectivity index (χ3n) is 1.87. The second-order valence-electron chi connectivity index (χ2n) is 3.22. The first-order valence-corrected chi connectivity index (χ1v) is 4.82. The highest BCUT2D eigenvalue weighted by molar-refractivity contribution is 5.83. The topological polar surface area (TPSA) is 92.4 Å². The maximum Gasteiger partial charge on any atom is 0.321 e. The summed E-state index contributed by atoms with van der Waals surface area (Å²) in [5.74, 6) is -1.62. The zero-order valence-corrected chi connectivity index (χ0v) is 8.45. The summed E-state index contributed by atoms with van der Waals surface area (Å²) < 4.78 is 0. The van der Waals surface area contributed by atoms with Crippen molar-refractivity contribution in [3.8, 4) is 0 Å². The third kappa shape index (κ3) is 6.42. The number of aliphatic carboxylic acids is 1. The van der Waals surface area contributed by atoms with Crippen LogP contribution in [0.15, 0.2) is 0 Å². The van der Waals surface area contributed by atoms with Crippen molar-refractivity contribution >= 4 is 11.9 Å². The van der Waals surface area contributed by atoms with Crippen molar-refractivity contribution in [1.82, 2.24) is 5.32 Å². The Balaban J connectivity index is 3.74. The summed E-state index contributed by atoms with van der Waals surface area (Å²) in [6.07, 6.45) is 2.89. The van der Waals surface area contributed by atoms with E-state index in [9.17, 15) is 9.59 Å². The maximum atomic E-state index is 10.6. The second-order valence-corrected chi connectivity index (χ2v) is 3.22. The fourth-order valence-corrected chi connectivity index (χ4v) is 1.10. The van der Waals surface area contributed by atoms with E-state index in [4.69, 9.17) is 10.8 Å². The second kappa shape index (κ2) is 7.32. The maximum absolute atomic E-state index is 10.6. The lowest BCUT2D eigenvalue weighted by atomic mass is 10.2. The van der Waals surface area contributed by atoms with Crippen molar-refractivity contribution in [2.45, 2.75) is 38.6 Å². The zero-order valence-electron chi connectivity index (χ0n) is 8.45. The number of carbonyl (C=O) groups excluding carboxylic acids is 1. The molecule has 0 radical (unpaired) electrons. The predicted octanol–water partition coefficient (Wildman–Crippen LogP) is 0.0948. The highest BCUT2D eigenvalue weighted by Crippen LogP contribution is 1.95. The van der Waals surface area contributed by atoms with Gasteiger partial charge in [0.2, 0.25) is 5.91 Å². The molecule has 0 aliphatic carbocycles. The van der Waals surface area contributed by atoms with E-state index in [1.165, 1.54) is 0 Å². The van der Waals surface area contributed by atoms with Gasteiger partial charge in [-0.25, -0.2) is 0 Å². The molecule has 0 saturated carbocycles. The minimum atomic E-state index is -1.03. The van der Waals surface area contributed by atoms with Crippen molar-refractivity contribution in [2.75, 3.05) is 6.54 Å². The smallest absolute Gasteiger partial charge is 0.321 e. The van der Waals surface area contributed by atoms with E-state index in [1.54, 1.807) is 0 Å². The van der Waals surface area contributed by atoms with Crippen LogP contribution in [-0.4, -0.2) is 29.6 Å². The van der Waals surface area contributed by atoms with Gasteiger partial charge in [0.1, 0.15) is 6.04 Å². The van der Waals surface area contributed by atoms with Gasteiger partial charge in [0, 0.05) is 0 Å². The van der Waals surface area contributed by atoms with Crippen LogP contribution in [0.2, 0.25) is 0 Å². The Morgan fingerprint density at radius 2 is 2.07 bits per heavy atom. The average Bonchev–Trinajstić information content (AvgIpc) is 2.09. The quantitative estimate of drug-likeness (QED) is 0.486. The van der Waals surface area contributed by atoms with Gasteiger partial charge >= 0.3 is 5.97 Å². The fraction of sp³-hybridized carbons (Fsp3) is 0.778. The van der Waals surface area contributed by atoms with Gasteiger partial charge in [-0.05, 0) is 13.0 Å². The molecule has 0 aliphatic rings. The number of carbonyl (C=O) groups is 2. The molecule has 0 aromatic rings. The standard InChI is InChI=1S/C9H18N2O3/c1-2-3-4-5-11-7(9(13)14)6-8(10)12/h7,11H,2-6H2,1H3,(H2,10,12)(H,13,14)/t7-/m0/s1. The Labute approximate surface area is 83.7 Å². The molecular weight excluding hydrogens is 184 g/mol. The normalized spacial score (nSPS) is 12.4. The summed E-state index contributed by atoms with van der Waals surface area (Å²) in [4.78, 5) is 21.2. The molecule has 0 unspecified atom stereocenters. The number of carboxylic acids is 1. The minimum Gasteiger partial charge on any atom is -0.480 e. The largest absolute Gasteiger partial charge is 0.480 e. The Hall–Kier alpha value is -1.10. The summed E-state index contributed by atoms with van der Waals surface area (Å²) >= 11 is 0. The molecule has 5 heteroatoms. The Morgan fingerprint density at radius 1 is 1.43 bits per heavy atom. The molecule has 14 heavy (non-hydrogen) atoms. The van der Waals surface area contributed by atoms with Crippen LogP contribution >= 0.6 is 0 Å². The molecule has 82 valence electrons. The van der Waals surface area contributed by atoms with Gasteiger partial charge in [-0.1, -0.05) is 19.8 Å². The summed E-state index contributed by atoms with van der Waals surface area (Å²) in [5.41, 5.74) is 4.92. The van der Waals surface area contributed by atoms with Crippen LogP contribution in [0.5, 0.6) is 0 Å². The van der Waals surface area contributed by atoms with E-state index in [1.807, 2.05) is 0 Å². The van der Waals surface area contributed by atoms with E-state index in [0.29, 0.717) is 6.54 Å². The van der Waals surface area contributed by atoms with Crippen molar-refractivity contribution in [2.24, 2.45) is 5.73 Å². The monoisotopic (exact) mass is 202 g/mol. The van der Waals surface area contributed by atoms with E-state index in [0.717, 1.165) is 19.3 Å². The lowest BCUT2D eigenvalue weighted by molar-refractivity contribution is -0.141. The van der Waals surface area contributed by atoms with Crippen molar-refractivity contribution < 1.29 is 14.7 Å². The van der Waals surface area contributed by atoms with Gasteiger partial charge in [0.05, 0.1) is 6.42 Å². The lowest BCUT2D eigenvalue weighted by Gasteiger charge is -2.11. The number of carboxylic acid groups (broad SMARTS) is 1. The Kier molecular flexibility index (Phi) is 6.74. The SMILES string of the molecule is CCCCCN[C@@H](CC(N)=O)C(=O)O. The molecule has 5 nitrogen and oxygen atoms in total. The molecule has 0 saturated heterocycles. The number of primary amides is 1. The average molecular weight is 202 g/mol. The molecule has 0 aromatic heterocycles. The molecule has 1 amide bonds. The van der Waals surface area contributed by atoms with Crippen LogP contribution in [0, 0.1) is 0 Å². The van der Waals surface area contributed by atoms with Crippen molar-refractivity contribution in [3.63, 3.8) is 0 Å². The molecule has 0 aromatic carbocycles. The summed E-state index contributed by atoms with van der Waals surface area (Å²) in [6, 6.07) is -0.843. The summed E-state index contributed by atoms with van der Waals surface area (Å²) in [7, 11) is 0. The molecule has 0 aliphatic heterocycles.